The number of amides is 1. The average Bonchev–Trinajstić information content (AvgIpc) is 3.26. The Morgan fingerprint density at radius 3 is 2.52 bits per heavy atom. The Labute approximate surface area is 167 Å². The lowest BCUT2D eigenvalue weighted by Gasteiger charge is -2.42. The summed E-state index contributed by atoms with van der Waals surface area (Å²) in [4.78, 5) is 25.1. The summed E-state index contributed by atoms with van der Waals surface area (Å²) in [6, 6.07) is 2.95. The van der Waals surface area contributed by atoms with Gasteiger partial charge in [-0.15, -0.1) is 0 Å². The molecule has 0 bridgehead atoms. The topological polar surface area (TPSA) is 166 Å². The molecule has 4 unspecified atom stereocenters. The third-order valence-electron chi connectivity index (χ3n) is 6.14. The van der Waals surface area contributed by atoms with Gasteiger partial charge in [0.05, 0.1) is 6.04 Å². The van der Waals surface area contributed by atoms with Crippen molar-refractivity contribution in [2.45, 2.75) is 42.8 Å². The first-order chi connectivity index (χ1) is 13.8. The Morgan fingerprint density at radius 1 is 1.24 bits per heavy atom. The number of ether oxygens (including phenoxy) is 1. The van der Waals surface area contributed by atoms with Gasteiger partial charge in [-0.2, -0.15) is 0 Å². The Balaban J connectivity index is 1.40. The molecule has 11 heteroatoms. The highest BCUT2D eigenvalue weighted by molar-refractivity contribution is 6.44. The number of nitrogens with one attached hydrogen (secondary N) is 1. The molecule has 0 aromatic heterocycles. The quantitative estimate of drug-likeness (QED) is 0.302. The van der Waals surface area contributed by atoms with Gasteiger partial charge in [0, 0.05) is 31.5 Å². The van der Waals surface area contributed by atoms with Crippen LogP contribution >= 0.6 is 0 Å². The maximum Gasteiger partial charge on any atom is 0.455 e. The molecule has 1 aromatic carbocycles. The lowest BCUT2D eigenvalue weighted by atomic mass is 9.81. The van der Waals surface area contributed by atoms with Crippen molar-refractivity contribution in [1.82, 2.24) is 10.2 Å². The van der Waals surface area contributed by atoms with Gasteiger partial charge in [-0.25, -0.2) is 4.79 Å². The molecular weight excluding hydrogens is 381 g/mol. The summed E-state index contributed by atoms with van der Waals surface area (Å²) in [5, 5.41) is 41.6. The van der Waals surface area contributed by atoms with E-state index in [-0.39, 0.29) is 47.1 Å². The minimum Gasteiger partial charge on any atom is -0.507 e. The van der Waals surface area contributed by atoms with Crippen LogP contribution in [-0.2, 0) is 4.79 Å². The first-order valence-corrected chi connectivity index (χ1v) is 9.65. The first-order valence-electron chi connectivity index (χ1n) is 9.65. The van der Waals surface area contributed by atoms with E-state index >= 15 is 0 Å². The number of likely N-dealkylation sites (tertiary alicyclic amines) is 1. The van der Waals surface area contributed by atoms with Crippen molar-refractivity contribution < 1.29 is 34.6 Å². The molecule has 10 nitrogen and oxygen atoms in total. The van der Waals surface area contributed by atoms with Crippen molar-refractivity contribution in [3.8, 4) is 11.5 Å². The van der Waals surface area contributed by atoms with Gasteiger partial charge < -0.3 is 36.0 Å². The normalized spacial score (nSPS) is 29.3. The zero-order valence-corrected chi connectivity index (χ0v) is 15.7. The Bertz CT molecular complexity index is 830. The van der Waals surface area contributed by atoms with E-state index in [9.17, 15) is 29.9 Å². The summed E-state index contributed by atoms with van der Waals surface area (Å²) in [5.41, 5.74) is 5.40. The number of carboxylic acid groups (broad SMARTS) is 1. The molecule has 3 aliphatic rings. The highest BCUT2D eigenvalue weighted by atomic mass is 16.5. The van der Waals surface area contributed by atoms with Crippen molar-refractivity contribution in [2.75, 3.05) is 19.6 Å². The number of benzene rings is 1. The number of aromatic hydroxyl groups is 1. The van der Waals surface area contributed by atoms with E-state index in [0.717, 1.165) is 0 Å². The molecule has 3 fully saturated rings. The van der Waals surface area contributed by atoms with Gasteiger partial charge in [0.15, 0.2) is 0 Å². The van der Waals surface area contributed by atoms with Gasteiger partial charge in [-0.05, 0) is 30.4 Å². The maximum atomic E-state index is 11.7. The van der Waals surface area contributed by atoms with Gasteiger partial charge in [0.1, 0.15) is 23.2 Å². The summed E-state index contributed by atoms with van der Waals surface area (Å²) < 4.78 is 5.82. The molecule has 0 radical (unpaired) electrons. The van der Waals surface area contributed by atoms with Gasteiger partial charge >= 0.3 is 13.1 Å². The highest BCUT2D eigenvalue weighted by Gasteiger charge is 2.48. The number of carboxylic acids is 1. The van der Waals surface area contributed by atoms with Crippen molar-refractivity contribution >= 4 is 19.0 Å². The molecule has 4 atom stereocenters. The molecule has 1 aliphatic carbocycles. The largest absolute Gasteiger partial charge is 0.507 e. The van der Waals surface area contributed by atoms with E-state index in [1.165, 1.54) is 6.07 Å². The van der Waals surface area contributed by atoms with E-state index in [2.05, 4.69) is 10.2 Å². The fourth-order valence-corrected chi connectivity index (χ4v) is 4.33. The number of nitrogens with zero attached hydrogens (tertiary/aromatic N) is 1. The average molecular weight is 405 g/mol. The standard InChI is InChI=1S/C18H24BN3O7/c20-17(24)13-3-8(5-21-13)22-6-9(7-22)29-14-2-1-10(11-4-12(11)19(27)28)16(23)15(14)18(25)26/h1-2,8-9,11-13,21,23,27-28H,3-7H2,(H2,20,24)(H,25,26). The van der Waals surface area contributed by atoms with E-state index in [0.29, 0.717) is 38.0 Å². The van der Waals surface area contributed by atoms with Crippen LogP contribution in [0.5, 0.6) is 11.5 Å². The Kier molecular flexibility index (Phi) is 5.15. The summed E-state index contributed by atoms with van der Waals surface area (Å²) in [5.74, 6) is -2.66. The lowest BCUT2D eigenvalue weighted by molar-refractivity contribution is -0.119. The molecule has 1 aromatic rings. The number of rotatable bonds is 7. The van der Waals surface area contributed by atoms with E-state index < -0.39 is 18.9 Å². The van der Waals surface area contributed by atoms with Crippen LogP contribution in [0.2, 0.25) is 5.82 Å². The molecule has 156 valence electrons. The minimum atomic E-state index is -1.50. The molecule has 2 saturated heterocycles. The molecule has 0 spiro atoms. The number of nitrogens with two attached hydrogens (primary N) is 1. The number of primary amides is 1. The number of carbonyl (C=O) groups is 2. The van der Waals surface area contributed by atoms with Crippen molar-refractivity contribution in [2.24, 2.45) is 5.73 Å². The highest BCUT2D eigenvalue weighted by Crippen LogP contribution is 2.56. The van der Waals surface area contributed by atoms with Crippen LogP contribution in [0.25, 0.3) is 0 Å². The van der Waals surface area contributed by atoms with Crippen LogP contribution in [0.1, 0.15) is 34.7 Å². The number of hydrogen-bond donors (Lipinski definition) is 6. The number of phenols is 1. The van der Waals surface area contributed by atoms with Gasteiger partial charge in [0.25, 0.3) is 0 Å². The third-order valence-corrected chi connectivity index (χ3v) is 6.14. The van der Waals surface area contributed by atoms with Crippen LogP contribution in [-0.4, -0.2) is 82.0 Å². The smallest absolute Gasteiger partial charge is 0.455 e. The lowest BCUT2D eigenvalue weighted by Crippen LogP contribution is -2.58. The Hall–Kier alpha value is -2.34. The van der Waals surface area contributed by atoms with E-state index in [1.54, 1.807) is 6.07 Å². The molecule has 29 heavy (non-hydrogen) atoms. The molecule has 1 amide bonds. The number of aromatic carboxylic acids is 1. The third kappa shape index (κ3) is 3.78. The molecule has 4 rings (SSSR count). The maximum absolute atomic E-state index is 11.7. The predicted octanol–water partition coefficient (Wildman–Crippen LogP) is -1.30. The van der Waals surface area contributed by atoms with Crippen LogP contribution < -0.4 is 15.8 Å². The van der Waals surface area contributed by atoms with E-state index in [1.807, 2.05) is 0 Å². The summed E-state index contributed by atoms with van der Waals surface area (Å²) >= 11 is 0. The second kappa shape index (κ2) is 7.49. The monoisotopic (exact) mass is 405 g/mol. The van der Waals surface area contributed by atoms with Gasteiger partial charge in [0.2, 0.25) is 5.91 Å². The minimum absolute atomic E-state index is 0.0877. The van der Waals surface area contributed by atoms with Crippen LogP contribution in [0, 0.1) is 0 Å². The fraction of sp³-hybridized carbons (Fsp3) is 0.556. The Morgan fingerprint density at radius 2 is 1.97 bits per heavy atom. The van der Waals surface area contributed by atoms with Gasteiger partial charge in [-0.3, -0.25) is 9.69 Å². The zero-order valence-electron chi connectivity index (χ0n) is 15.7. The number of carbonyl (C=O) groups excluding carboxylic acids is 1. The second-order valence-corrected chi connectivity index (χ2v) is 8.05. The van der Waals surface area contributed by atoms with Crippen LogP contribution in [0.15, 0.2) is 12.1 Å². The molecule has 1 saturated carbocycles. The first kappa shape index (κ1) is 20.0. The van der Waals surface area contributed by atoms with Gasteiger partial charge in [-0.1, -0.05) is 6.07 Å². The molecular formula is C18H24BN3O7. The molecule has 7 N–H and O–H groups in total. The van der Waals surface area contributed by atoms with Crippen LogP contribution in [0.3, 0.4) is 0 Å². The zero-order chi connectivity index (χ0) is 20.9. The number of hydrogen-bond acceptors (Lipinski definition) is 8. The summed E-state index contributed by atoms with van der Waals surface area (Å²) in [6.45, 7) is 1.83. The summed E-state index contributed by atoms with van der Waals surface area (Å²) in [7, 11) is -1.50. The molecule has 2 heterocycles. The van der Waals surface area contributed by atoms with Crippen LogP contribution in [0.4, 0.5) is 0 Å². The van der Waals surface area contributed by atoms with Crippen molar-refractivity contribution in [3.63, 3.8) is 0 Å². The second-order valence-electron chi connectivity index (χ2n) is 8.05. The molecule has 2 aliphatic heterocycles. The van der Waals surface area contributed by atoms with Crippen molar-refractivity contribution in [1.29, 1.82) is 0 Å². The van der Waals surface area contributed by atoms with Crippen molar-refractivity contribution in [3.05, 3.63) is 23.3 Å². The fourth-order valence-electron chi connectivity index (χ4n) is 4.33. The predicted molar refractivity (Wildman–Crippen MR) is 102 cm³/mol. The SMILES string of the molecule is NC(=O)C1CC(N2CC(Oc3ccc(C4CC4B(O)O)c(O)c3C(=O)O)C2)CN1. The van der Waals surface area contributed by atoms with E-state index in [4.69, 9.17) is 10.5 Å². The summed E-state index contributed by atoms with van der Waals surface area (Å²) in [6.07, 6.45) is 0.889.